The normalized spacial score (nSPS) is 13.1. The van der Waals surface area contributed by atoms with Crippen LogP contribution < -0.4 is 15.8 Å². The molecule has 2 amide bonds. The number of allylic oxidation sites excluding steroid dienone is 1. The highest BCUT2D eigenvalue weighted by molar-refractivity contribution is 7.84. The van der Waals surface area contributed by atoms with E-state index in [9.17, 15) is 9.59 Å². The predicted octanol–water partition coefficient (Wildman–Crippen LogP) is 2.59. The van der Waals surface area contributed by atoms with Gasteiger partial charge >= 0.3 is 0 Å². The minimum absolute atomic E-state index is 0.219. The Hall–Kier alpha value is -2.74. The minimum Gasteiger partial charge on any atom is -0.488 e. The maximum absolute atomic E-state index is 12.5. The molecule has 0 aliphatic rings. The van der Waals surface area contributed by atoms with Gasteiger partial charge in [0, 0.05) is 16.0 Å². The number of nitrogens with two attached hydrogens (primary N) is 1. The lowest BCUT2D eigenvalue weighted by Gasteiger charge is -2.10. The van der Waals surface area contributed by atoms with Crippen LogP contribution in [0.15, 0.2) is 38.2 Å². The van der Waals surface area contributed by atoms with Crippen LogP contribution in [-0.4, -0.2) is 31.2 Å². The van der Waals surface area contributed by atoms with Gasteiger partial charge in [0.25, 0.3) is 5.91 Å². The third-order valence-electron chi connectivity index (χ3n) is 3.87. The van der Waals surface area contributed by atoms with Crippen LogP contribution in [0, 0.1) is 6.92 Å². The van der Waals surface area contributed by atoms with Crippen LogP contribution >= 0.6 is 12.6 Å². The van der Waals surface area contributed by atoms with E-state index >= 15 is 0 Å². The molecule has 0 aliphatic carbocycles. The molecule has 2 aromatic rings. The summed E-state index contributed by atoms with van der Waals surface area (Å²) in [6.07, 6.45) is 0. The van der Waals surface area contributed by atoms with Crippen LogP contribution in [0.5, 0.6) is 5.75 Å². The molecular formula is C18H21N3O4S. The van der Waals surface area contributed by atoms with Crippen molar-refractivity contribution in [2.45, 2.75) is 26.8 Å². The van der Waals surface area contributed by atoms with Gasteiger partial charge in [-0.05, 0) is 45.7 Å². The van der Waals surface area contributed by atoms with Gasteiger partial charge in [-0.3, -0.25) is 14.6 Å². The van der Waals surface area contributed by atoms with E-state index in [1.807, 2.05) is 0 Å². The number of ether oxygens (including phenoxy) is 1. The van der Waals surface area contributed by atoms with Crippen molar-refractivity contribution in [2.75, 3.05) is 6.61 Å². The second-order valence-corrected chi connectivity index (χ2v) is 6.31. The lowest BCUT2D eigenvalue weighted by atomic mass is 10.1. The summed E-state index contributed by atoms with van der Waals surface area (Å²) in [5, 5.41) is 3.13. The molecule has 0 unspecified atom stereocenters. The van der Waals surface area contributed by atoms with E-state index < -0.39 is 17.9 Å². The summed E-state index contributed by atoms with van der Waals surface area (Å²) >= 11 is 4.32. The smallest absolute Gasteiger partial charge is 0.256 e. The average molecular weight is 375 g/mol. The Bertz CT molecular complexity index is 901. The molecule has 1 atom stereocenters. The lowest BCUT2D eigenvalue weighted by Crippen LogP contribution is -2.42. The molecule has 1 aromatic heterocycles. The number of hydrogen-bond donors (Lipinski definition) is 3. The maximum Gasteiger partial charge on any atom is 0.256 e. The third kappa shape index (κ3) is 4.26. The monoisotopic (exact) mass is 375 g/mol. The minimum atomic E-state index is -0.794. The second-order valence-electron chi connectivity index (χ2n) is 5.77. The molecule has 7 nitrogen and oxygen atoms in total. The van der Waals surface area contributed by atoms with E-state index in [0.717, 1.165) is 0 Å². The Morgan fingerprint density at radius 2 is 2.15 bits per heavy atom. The van der Waals surface area contributed by atoms with Gasteiger partial charge in [-0.15, -0.1) is 12.6 Å². The average Bonchev–Trinajstić information content (AvgIpc) is 2.93. The molecule has 1 aromatic carbocycles. The highest BCUT2D eigenvalue weighted by atomic mass is 32.1. The molecule has 8 heteroatoms. The molecule has 0 bridgehead atoms. The van der Waals surface area contributed by atoms with Crippen LogP contribution in [0.4, 0.5) is 0 Å². The predicted molar refractivity (Wildman–Crippen MR) is 104 cm³/mol. The summed E-state index contributed by atoms with van der Waals surface area (Å²) < 4.78 is 11.3. The Labute approximate surface area is 156 Å². The number of nitrogens with one attached hydrogen (secondary N) is 1. The van der Waals surface area contributed by atoms with Crippen LogP contribution in [0.3, 0.4) is 0 Å². The Balaban J connectivity index is 2.31. The first-order valence-electron chi connectivity index (χ1n) is 7.86. The first-order chi connectivity index (χ1) is 12.2. The van der Waals surface area contributed by atoms with E-state index in [0.29, 0.717) is 38.6 Å². The van der Waals surface area contributed by atoms with Crippen LogP contribution in [0.1, 0.15) is 30.0 Å². The summed E-state index contributed by atoms with van der Waals surface area (Å²) in [4.78, 5) is 28.1. The zero-order chi connectivity index (χ0) is 19.4. The van der Waals surface area contributed by atoms with Crippen molar-refractivity contribution >= 4 is 42.1 Å². The number of carbonyl (C=O) groups is 2. The van der Waals surface area contributed by atoms with Crippen molar-refractivity contribution in [1.29, 1.82) is 0 Å². The number of aliphatic imine (C=N–C) groups is 1. The number of primary amides is 1. The van der Waals surface area contributed by atoms with Gasteiger partial charge in [0.15, 0.2) is 0 Å². The van der Waals surface area contributed by atoms with E-state index in [-0.39, 0.29) is 6.61 Å². The summed E-state index contributed by atoms with van der Waals surface area (Å²) in [6, 6.07) is 4.36. The quantitative estimate of drug-likeness (QED) is 0.511. The SMILES string of the molecule is C=N/C(C)=C(\S)COc1ccc2oc(C)c(C(=O)N[C@@H](C)C(N)=O)c2c1. The number of benzene rings is 1. The maximum atomic E-state index is 12.5. The molecule has 1 heterocycles. The van der Waals surface area contributed by atoms with Crippen molar-refractivity contribution in [1.82, 2.24) is 5.32 Å². The number of amides is 2. The van der Waals surface area contributed by atoms with E-state index in [1.54, 1.807) is 32.0 Å². The standard InChI is InChI=1S/C18H21N3O4S/c1-9(20-4)15(26)8-24-12-5-6-14-13(7-12)16(11(3)25-14)18(23)21-10(2)17(19)22/h5-7,10,26H,4,8H2,1-3H3,(H2,19,22)(H,21,23)/b15-9-/t10-/m0/s1. The molecule has 0 spiro atoms. The number of aryl methyl sites for hydroxylation is 1. The van der Waals surface area contributed by atoms with Crippen molar-refractivity contribution in [3.05, 3.63) is 40.1 Å². The van der Waals surface area contributed by atoms with Gasteiger partial charge < -0.3 is 20.2 Å². The topological polar surface area (TPSA) is 107 Å². The molecule has 138 valence electrons. The number of furan rings is 1. The van der Waals surface area contributed by atoms with Crippen molar-refractivity contribution in [2.24, 2.45) is 10.7 Å². The zero-order valence-electron chi connectivity index (χ0n) is 14.8. The van der Waals surface area contributed by atoms with Crippen LogP contribution in [0.25, 0.3) is 11.0 Å². The summed E-state index contributed by atoms with van der Waals surface area (Å²) in [6.45, 7) is 8.64. The van der Waals surface area contributed by atoms with E-state index in [2.05, 4.69) is 29.7 Å². The first-order valence-corrected chi connectivity index (χ1v) is 8.30. The number of fused-ring (bicyclic) bond motifs is 1. The fourth-order valence-electron chi connectivity index (χ4n) is 2.26. The zero-order valence-corrected chi connectivity index (χ0v) is 15.7. The Kier molecular flexibility index (Phi) is 6.10. The number of carbonyl (C=O) groups excluding carboxylic acids is 2. The van der Waals surface area contributed by atoms with Gasteiger partial charge in [-0.25, -0.2) is 0 Å². The first kappa shape index (κ1) is 19.6. The van der Waals surface area contributed by atoms with E-state index in [1.165, 1.54) is 6.92 Å². The van der Waals surface area contributed by atoms with E-state index in [4.69, 9.17) is 14.9 Å². The fraction of sp³-hybridized carbons (Fsp3) is 0.278. The van der Waals surface area contributed by atoms with Crippen molar-refractivity contribution < 1.29 is 18.7 Å². The van der Waals surface area contributed by atoms with Gasteiger partial charge in [0.1, 0.15) is 29.7 Å². The van der Waals surface area contributed by atoms with Gasteiger partial charge in [-0.1, -0.05) is 0 Å². The van der Waals surface area contributed by atoms with Crippen molar-refractivity contribution in [3.8, 4) is 5.75 Å². The third-order valence-corrected chi connectivity index (χ3v) is 4.32. The summed E-state index contributed by atoms with van der Waals surface area (Å²) in [7, 11) is 0. The molecule has 3 N–H and O–H groups in total. The highest BCUT2D eigenvalue weighted by Gasteiger charge is 2.21. The number of nitrogens with zero attached hydrogens (tertiary/aromatic N) is 1. The molecule has 0 saturated heterocycles. The largest absolute Gasteiger partial charge is 0.488 e. The van der Waals surface area contributed by atoms with Crippen LogP contribution in [-0.2, 0) is 4.79 Å². The molecule has 0 radical (unpaired) electrons. The van der Waals surface area contributed by atoms with Gasteiger partial charge in [0.05, 0.1) is 5.56 Å². The molecule has 0 fully saturated rings. The molecule has 0 aliphatic heterocycles. The Morgan fingerprint density at radius 3 is 2.77 bits per heavy atom. The fourth-order valence-corrected chi connectivity index (χ4v) is 2.39. The second kappa shape index (κ2) is 8.09. The lowest BCUT2D eigenvalue weighted by molar-refractivity contribution is -0.119. The molecule has 2 rings (SSSR count). The van der Waals surface area contributed by atoms with Crippen molar-refractivity contribution in [3.63, 3.8) is 0 Å². The van der Waals surface area contributed by atoms with Gasteiger partial charge in [0.2, 0.25) is 5.91 Å². The number of thiol groups is 1. The molecular weight excluding hydrogens is 354 g/mol. The van der Waals surface area contributed by atoms with Crippen LogP contribution in [0.2, 0.25) is 0 Å². The summed E-state index contributed by atoms with van der Waals surface area (Å²) in [5.74, 6) is -0.0789. The molecule has 26 heavy (non-hydrogen) atoms. The Morgan fingerprint density at radius 1 is 1.46 bits per heavy atom. The number of rotatable bonds is 7. The number of hydrogen-bond acceptors (Lipinski definition) is 6. The highest BCUT2D eigenvalue weighted by Crippen LogP contribution is 2.29. The molecule has 0 saturated carbocycles. The summed E-state index contributed by atoms with van der Waals surface area (Å²) in [5.41, 5.74) is 6.75. The van der Waals surface area contributed by atoms with Gasteiger partial charge in [-0.2, -0.15) is 0 Å².